The predicted octanol–water partition coefficient (Wildman–Crippen LogP) is 0.104. The number of carbonyl (C=O) groups is 1. The molecule has 5 nitrogen and oxygen atoms in total. The number of aryl methyl sites for hydroxylation is 1. The molecule has 1 rings (SSSR count). The highest BCUT2D eigenvalue weighted by molar-refractivity contribution is 5.70. The maximum atomic E-state index is 12.8. The second kappa shape index (κ2) is 3.34. The largest absolute Gasteiger partial charge is 0.478 e. The van der Waals surface area contributed by atoms with Gasteiger partial charge >= 0.3 is 5.97 Å². The number of aromatic nitrogens is 2. The molecule has 0 spiro atoms. The van der Waals surface area contributed by atoms with E-state index in [4.69, 9.17) is 5.11 Å². The molecule has 0 fully saturated rings. The zero-order valence-electron chi connectivity index (χ0n) is 6.77. The van der Waals surface area contributed by atoms with Crippen molar-refractivity contribution < 1.29 is 14.3 Å². The molecule has 0 aliphatic rings. The van der Waals surface area contributed by atoms with Gasteiger partial charge in [-0.05, 0) is 6.92 Å². The number of nitrogens with zero attached hydrogens (tertiary/aromatic N) is 2. The second-order valence-electron chi connectivity index (χ2n) is 2.45. The van der Waals surface area contributed by atoms with Crippen LogP contribution in [0.25, 0.3) is 0 Å². The minimum Gasteiger partial charge on any atom is -0.478 e. The van der Waals surface area contributed by atoms with E-state index in [0.29, 0.717) is 10.3 Å². The summed E-state index contributed by atoms with van der Waals surface area (Å²) in [4.78, 5) is 24.8. The lowest BCUT2D eigenvalue weighted by molar-refractivity contribution is -0.146. The van der Waals surface area contributed by atoms with Crippen LogP contribution >= 0.6 is 0 Å². The van der Waals surface area contributed by atoms with Crippen molar-refractivity contribution in [3.8, 4) is 0 Å². The molecule has 13 heavy (non-hydrogen) atoms. The fraction of sp³-hybridized carbons (Fsp3) is 0.286. The molecular formula is C7H7FN2O3. The summed E-state index contributed by atoms with van der Waals surface area (Å²) in [6.07, 6.45) is -1.50. The first kappa shape index (κ1) is 9.37. The highest BCUT2D eigenvalue weighted by Gasteiger charge is 2.18. The zero-order valence-corrected chi connectivity index (χ0v) is 6.77. The smallest absolute Gasteiger partial charge is 0.360 e. The topological polar surface area (TPSA) is 72.2 Å². The SMILES string of the molecule is Cc1cc(=O)n(C(F)C(=O)O)cn1. The average molecular weight is 186 g/mol. The summed E-state index contributed by atoms with van der Waals surface area (Å²) < 4.78 is 13.2. The van der Waals surface area contributed by atoms with Gasteiger partial charge in [0.25, 0.3) is 11.9 Å². The van der Waals surface area contributed by atoms with E-state index in [1.807, 2.05) is 0 Å². The summed E-state index contributed by atoms with van der Waals surface area (Å²) in [5.41, 5.74) is -0.304. The van der Waals surface area contributed by atoms with Gasteiger partial charge in [-0.1, -0.05) is 0 Å². The van der Waals surface area contributed by atoms with E-state index in [-0.39, 0.29) is 0 Å². The van der Waals surface area contributed by atoms with Crippen LogP contribution in [0.4, 0.5) is 4.39 Å². The number of hydrogen-bond acceptors (Lipinski definition) is 3. The normalized spacial score (nSPS) is 12.5. The van der Waals surface area contributed by atoms with Gasteiger partial charge in [0.1, 0.15) is 6.33 Å². The molecule has 0 saturated carbocycles. The molecule has 1 heterocycles. The number of halogens is 1. The number of carboxylic acid groups (broad SMARTS) is 1. The van der Waals surface area contributed by atoms with Crippen molar-refractivity contribution in [1.29, 1.82) is 0 Å². The van der Waals surface area contributed by atoms with Crippen LogP contribution in [0, 0.1) is 6.92 Å². The lowest BCUT2D eigenvalue weighted by atomic mass is 10.4. The molecule has 70 valence electrons. The van der Waals surface area contributed by atoms with Crippen molar-refractivity contribution in [3.63, 3.8) is 0 Å². The van der Waals surface area contributed by atoms with Gasteiger partial charge in [-0.15, -0.1) is 0 Å². The van der Waals surface area contributed by atoms with Gasteiger partial charge < -0.3 is 5.11 Å². The maximum Gasteiger partial charge on any atom is 0.360 e. The van der Waals surface area contributed by atoms with E-state index in [0.717, 1.165) is 12.4 Å². The van der Waals surface area contributed by atoms with Crippen molar-refractivity contribution in [1.82, 2.24) is 9.55 Å². The molecular weight excluding hydrogens is 179 g/mol. The molecule has 0 saturated heterocycles. The van der Waals surface area contributed by atoms with Gasteiger partial charge in [0.05, 0.1) is 0 Å². The number of hydrogen-bond donors (Lipinski definition) is 1. The Bertz CT molecular complexity index is 388. The molecule has 0 amide bonds. The van der Waals surface area contributed by atoms with Crippen LogP contribution in [0.2, 0.25) is 0 Å². The van der Waals surface area contributed by atoms with Crippen LogP contribution in [0.5, 0.6) is 0 Å². The van der Waals surface area contributed by atoms with Crippen LogP contribution in [0.3, 0.4) is 0 Å². The molecule has 1 aromatic rings. The van der Waals surface area contributed by atoms with Gasteiger partial charge in [-0.2, -0.15) is 0 Å². The third-order valence-corrected chi connectivity index (χ3v) is 1.42. The second-order valence-corrected chi connectivity index (χ2v) is 2.45. The molecule has 1 aromatic heterocycles. The van der Waals surface area contributed by atoms with Crippen LogP contribution < -0.4 is 5.56 Å². The number of carboxylic acids is 1. The van der Waals surface area contributed by atoms with E-state index in [9.17, 15) is 14.0 Å². The maximum absolute atomic E-state index is 12.8. The lowest BCUT2D eigenvalue weighted by Gasteiger charge is -2.05. The van der Waals surface area contributed by atoms with Gasteiger partial charge in [-0.3, -0.25) is 9.36 Å². The first-order chi connectivity index (χ1) is 6.02. The molecule has 0 aliphatic carbocycles. The van der Waals surface area contributed by atoms with Crippen molar-refractivity contribution in [2.24, 2.45) is 0 Å². The molecule has 1 atom stereocenters. The van der Waals surface area contributed by atoms with Gasteiger partial charge in [0.15, 0.2) is 0 Å². The summed E-state index contributed by atoms with van der Waals surface area (Å²) in [6, 6.07) is 1.06. The van der Waals surface area contributed by atoms with Crippen molar-refractivity contribution in [3.05, 3.63) is 28.4 Å². The summed E-state index contributed by atoms with van der Waals surface area (Å²) >= 11 is 0. The summed E-state index contributed by atoms with van der Waals surface area (Å²) in [6.45, 7) is 1.56. The van der Waals surface area contributed by atoms with Crippen molar-refractivity contribution >= 4 is 5.97 Å². The van der Waals surface area contributed by atoms with E-state index in [1.54, 1.807) is 6.92 Å². The number of rotatable bonds is 2. The Morgan fingerprint density at radius 3 is 2.85 bits per heavy atom. The van der Waals surface area contributed by atoms with Gasteiger partial charge in [-0.25, -0.2) is 14.2 Å². The summed E-state index contributed by atoms with van der Waals surface area (Å²) in [5.74, 6) is -1.72. The third-order valence-electron chi connectivity index (χ3n) is 1.42. The Morgan fingerprint density at radius 2 is 2.38 bits per heavy atom. The summed E-state index contributed by atoms with van der Waals surface area (Å²) in [7, 11) is 0. The first-order valence-electron chi connectivity index (χ1n) is 3.44. The Kier molecular flexibility index (Phi) is 2.41. The molecule has 6 heteroatoms. The minimum atomic E-state index is -2.37. The highest BCUT2D eigenvalue weighted by Crippen LogP contribution is 2.03. The van der Waals surface area contributed by atoms with Crippen LogP contribution in [-0.2, 0) is 4.79 Å². The number of aliphatic carboxylic acids is 1. The lowest BCUT2D eigenvalue weighted by Crippen LogP contribution is -2.27. The van der Waals surface area contributed by atoms with E-state index >= 15 is 0 Å². The zero-order chi connectivity index (χ0) is 10.0. The highest BCUT2D eigenvalue weighted by atomic mass is 19.1. The molecule has 1 unspecified atom stereocenters. The van der Waals surface area contributed by atoms with E-state index in [1.165, 1.54) is 0 Å². The van der Waals surface area contributed by atoms with Crippen LogP contribution in [0.15, 0.2) is 17.2 Å². The summed E-state index contributed by atoms with van der Waals surface area (Å²) in [5, 5.41) is 8.27. The Hall–Kier alpha value is -1.72. The molecule has 1 N–H and O–H groups in total. The fourth-order valence-electron chi connectivity index (χ4n) is 0.790. The van der Waals surface area contributed by atoms with Gasteiger partial charge in [0.2, 0.25) is 0 Å². The molecule has 0 aliphatic heterocycles. The Morgan fingerprint density at radius 1 is 1.77 bits per heavy atom. The quantitative estimate of drug-likeness (QED) is 0.711. The van der Waals surface area contributed by atoms with Crippen molar-refractivity contribution in [2.75, 3.05) is 0 Å². The van der Waals surface area contributed by atoms with Crippen LogP contribution in [-0.4, -0.2) is 20.6 Å². The molecule has 0 bridgehead atoms. The van der Waals surface area contributed by atoms with E-state index < -0.39 is 17.8 Å². The van der Waals surface area contributed by atoms with Crippen LogP contribution in [0.1, 0.15) is 12.0 Å². The fourth-order valence-corrected chi connectivity index (χ4v) is 0.790. The average Bonchev–Trinajstić information content (AvgIpc) is 2.03. The standard InChI is InChI=1S/C7H7FN2O3/c1-4-2-5(11)10(3-9-4)6(8)7(12)13/h2-3,6H,1H3,(H,12,13). The predicted molar refractivity (Wildman–Crippen MR) is 41.0 cm³/mol. The van der Waals surface area contributed by atoms with Crippen molar-refractivity contribution in [2.45, 2.75) is 13.2 Å². The molecule has 0 radical (unpaired) electrons. The third kappa shape index (κ3) is 1.90. The number of alkyl halides is 1. The first-order valence-corrected chi connectivity index (χ1v) is 3.44. The Labute approximate surface area is 72.5 Å². The molecule has 0 aromatic carbocycles. The Balaban J connectivity index is 3.16. The monoisotopic (exact) mass is 186 g/mol. The minimum absolute atomic E-state index is 0.412. The van der Waals surface area contributed by atoms with E-state index in [2.05, 4.69) is 4.98 Å². The van der Waals surface area contributed by atoms with Gasteiger partial charge in [0, 0.05) is 11.8 Å².